The molecule has 27 heavy (non-hydrogen) atoms. The molecule has 0 bridgehead atoms. The molecule has 146 valence electrons. The number of rotatable bonds is 4. The van der Waals surface area contributed by atoms with Crippen LogP contribution in [0.15, 0.2) is 29.5 Å². The number of nitrogens with one attached hydrogen (secondary N) is 2. The number of hydrogen-bond donors (Lipinski definition) is 3. The Kier molecular flexibility index (Phi) is 5.58. The number of ether oxygens (including phenoxy) is 2. The molecule has 1 fully saturated rings. The number of methoxy groups -OCH3 is 1. The zero-order valence-corrected chi connectivity index (χ0v) is 15.9. The van der Waals surface area contributed by atoms with Crippen molar-refractivity contribution in [2.45, 2.75) is 51.7 Å². The van der Waals surface area contributed by atoms with Crippen molar-refractivity contribution in [3.63, 3.8) is 0 Å². The number of carbonyl (C=O) groups excluding carboxylic acids is 2. The van der Waals surface area contributed by atoms with Gasteiger partial charge in [0, 0.05) is 5.70 Å². The van der Waals surface area contributed by atoms with Gasteiger partial charge in [0.05, 0.1) is 18.7 Å². The maximum Gasteiger partial charge on any atom is 0.338 e. The number of carbonyl (C=O) groups is 2. The van der Waals surface area contributed by atoms with Crippen LogP contribution in [0.4, 0.5) is 4.79 Å². The summed E-state index contributed by atoms with van der Waals surface area (Å²) in [6, 6.07) is 3.66. The topological polar surface area (TPSA) is 96.9 Å². The first-order chi connectivity index (χ1) is 12.9. The third-order valence-electron chi connectivity index (χ3n) is 5.19. The second-order valence-electron chi connectivity index (χ2n) is 7.30. The fourth-order valence-corrected chi connectivity index (χ4v) is 3.79. The van der Waals surface area contributed by atoms with Crippen LogP contribution in [0, 0.1) is 5.92 Å². The number of amides is 2. The lowest BCUT2D eigenvalue weighted by Gasteiger charge is -2.31. The van der Waals surface area contributed by atoms with Crippen LogP contribution in [-0.4, -0.2) is 30.3 Å². The van der Waals surface area contributed by atoms with Crippen molar-refractivity contribution in [3.8, 4) is 11.5 Å². The molecule has 7 nitrogen and oxygen atoms in total. The molecule has 1 aliphatic carbocycles. The summed E-state index contributed by atoms with van der Waals surface area (Å²) >= 11 is 0. The third-order valence-corrected chi connectivity index (χ3v) is 5.19. The largest absolute Gasteiger partial charge is 0.504 e. The van der Waals surface area contributed by atoms with Crippen molar-refractivity contribution in [2.75, 3.05) is 7.11 Å². The van der Waals surface area contributed by atoms with Crippen LogP contribution in [0.3, 0.4) is 0 Å². The smallest absolute Gasteiger partial charge is 0.338 e. The summed E-state index contributed by atoms with van der Waals surface area (Å²) in [4.78, 5) is 24.9. The van der Waals surface area contributed by atoms with E-state index in [0.29, 0.717) is 22.8 Å². The highest BCUT2D eigenvalue weighted by atomic mass is 16.5. The van der Waals surface area contributed by atoms with E-state index in [-0.39, 0.29) is 17.6 Å². The summed E-state index contributed by atoms with van der Waals surface area (Å²) in [5.41, 5.74) is 1.45. The number of benzene rings is 1. The van der Waals surface area contributed by atoms with Crippen molar-refractivity contribution in [1.29, 1.82) is 0 Å². The average molecular weight is 374 g/mol. The molecule has 2 amide bonds. The number of phenols is 1. The second kappa shape index (κ2) is 7.90. The fourth-order valence-electron chi connectivity index (χ4n) is 3.79. The van der Waals surface area contributed by atoms with E-state index in [0.717, 1.165) is 25.7 Å². The van der Waals surface area contributed by atoms with Gasteiger partial charge in [-0.2, -0.15) is 0 Å². The van der Waals surface area contributed by atoms with Gasteiger partial charge in [0.1, 0.15) is 6.10 Å². The van der Waals surface area contributed by atoms with E-state index < -0.39 is 18.0 Å². The highest BCUT2D eigenvalue weighted by Gasteiger charge is 2.34. The van der Waals surface area contributed by atoms with E-state index in [9.17, 15) is 14.7 Å². The maximum atomic E-state index is 12.9. The normalized spacial score (nSPS) is 25.4. The first kappa shape index (κ1) is 19.1. The van der Waals surface area contributed by atoms with E-state index in [2.05, 4.69) is 17.6 Å². The molecule has 1 aliphatic heterocycles. The van der Waals surface area contributed by atoms with Gasteiger partial charge < -0.3 is 25.2 Å². The van der Waals surface area contributed by atoms with Crippen LogP contribution in [0.5, 0.6) is 11.5 Å². The van der Waals surface area contributed by atoms with Gasteiger partial charge in [0.2, 0.25) is 0 Å². The Labute approximate surface area is 158 Å². The molecule has 1 aromatic carbocycles. The van der Waals surface area contributed by atoms with Crippen LogP contribution < -0.4 is 15.4 Å². The Balaban J connectivity index is 1.88. The Hall–Kier alpha value is -2.70. The summed E-state index contributed by atoms with van der Waals surface area (Å²) in [6.45, 7) is 3.85. The van der Waals surface area contributed by atoms with Crippen LogP contribution in [0.2, 0.25) is 0 Å². The number of phenolic OH excluding ortho intramolecular Hbond substituents is 1. The van der Waals surface area contributed by atoms with E-state index in [1.54, 1.807) is 19.1 Å². The molecule has 0 unspecified atom stereocenters. The van der Waals surface area contributed by atoms with E-state index in [1.807, 2.05) is 0 Å². The number of aromatic hydroxyl groups is 1. The zero-order valence-electron chi connectivity index (χ0n) is 15.9. The zero-order chi connectivity index (χ0) is 19.6. The molecule has 3 rings (SSSR count). The monoisotopic (exact) mass is 374 g/mol. The standard InChI is InChI=1S/C20H26N2O5/c1-11-5-4-6-14(9-11)27-19(24)17-12(2)21-20(25)22-18(17)13-7-8-15(23)16(10-13)26-3/h7-8,10-11,14,18,23H,4-6,9H2,1-3H3,(H2,21,22,25)/t11-,14-,18+/m1/s1. The van der Waals surface area contributed by atoms with Crippen molar-refractivity contribution in [3.05, 3.63) is 35.0 Å². The molecular formula is C20H26N2O5. The predicted molar refractivity (Wildman–Crippen MR) is 99.3 cm³/mol. The summed E-state index contributed by atoms with van der Waals surface area (Å²) in [7, 11) is 1.44. The maximum absolute atomic E-state index is 12.9. The first-order valence-corrected chi connectivity index (χ1v) is 9.25. The highest BCUT2D eigenvalue weighted by Crippen LogP contribution is 2.34. The Morgan fingerprint density at radius 3 is 2.78 bits per heavy atom. The summed E-state index contributed by atoms with van der Waals surface area (Å²) in [6.07, 6.45) is 3.82. The van der Waals surface area contributed by atoms with Gasteiger partial charge in [-0.1, -0.05) is 19.4 Å². The van der Waals surface area contributed by atoms with Gasteiger partial charge in [0.15, 0.2) is 11.5 Å². The highest BCUT2D eigenvalue weighted by molar-refractivity contribution is 5.95. The Bertz CT molecular complexity index is 774. The number of esters is 1. The third kappa shape index (κ3) is 4.18. The van der Waals surface area contributed by atoms with Crippen molar-refractivity contribution >= 4 is 12.0 Å². The summed E-state index contributed by atoms with van der Waals surface area (Å²) < 4.78 is 10.9. The minimum absolute atomic E-state index is 0.0115. The molecule has 0 radical (unpaired) electrons. The van der Waals surface area contributed by atoms with Crippen LogP contribution in [-0.2, 0) is 9.53 Å². The van der Waals surface area contributed by atoms with Crippen LogP contribution in [0.25, 0.3) is 0 Å². The van der Waals surface area contributed by atoms with Gasteiger partial charge in [-0.25, -0.2) is 9.59 Å². The number of urea groups is 1. The molecule has 0 spiro atoms. The van der Waals surface area contributed by atoms with E-state index >= 15 is 0 Å². The van der Waals surface area contributed by atoms with Crippen LogP contribution in [0.1, 0.15) is 51.1 Å². The van der Waals surface area contributed by atoms with E-state index in [1.165, 1.54) is 13.2 Å². The van der Waals surface area contributed by atoms with Gasteiger partial charge in [0.25, 0.3) is 0 Å². The number of allylic oxidation sites excluding steroid dienone is 1. The lowest BCUT2D eigenvalue weighted by atomic mass is 9.88. The van der Waals surface area contributed by atoms with Gasteiger partial charge >= 0.3 is 12.0 Å². The van der Waals surface area contributed by atoms with Gasteiger partial charge in [-0.3, -0.25) is 0 Å². The molecule has 1 saturated carbocycles. The molecule has 1 heterocycles. The van der Waals surface area contributed by atoms with E-state index in [4.69, 9.17) is 9.47 Å². The predicted octanol–water partition coefficient (Wildman–Crippen LogP) is 3.15. The summed E-state index contributed by atoms with van der Waals surface area (Å²) in [5.74, 6) is 0.360. The van der Waals surface area contributed by atoms with Crippen molar-refractivity contribution < 1.29 is 24.2 Å². The molecule has 0 saturated heterocycles. The van der Waals surface area contributed by atoms with Gasteiger partial charge in [-0.15, -0.1) is 0 Å². The molecule has 0 aromatic heterocycles. The minimum atomic E-state index is -0.679. The van der Waals surface area contributed by atoms with Crippen LogP contribution >= 0.6 is 0 Å². The first-order valence-electron chi connectivity index (χ1n) is 9.25. The van der Waals surface area contributed by atoms with Crippen molar-refractivity contribution in [1.82, 2.24) is 10.6 Å². The number of hydrogen-bond acceptors (Lipinski definition) is 5. The minimum Gasteiger partial charge on any atom is -0.504 e. The summed E-state index contributed by atoms with van der Waals surface area (Å²) in [5, 5.41) is 15.2. The molecule has 1 aromatic rings. The quantitative estimate of drug-likeness (QED) is 0.704. The molecule has 3 N–H and O–H groups in total. The fraction of sp³-hybridized carbons (Fsp3) is 0.500. The second-order valence-corrected chi connectivity index (χ2v) is 7.30. The molecule has 3 atom stereocenters. The average Bonchev–Trinajstić information content (AvgIpc) is 2.61. The molecule has 7 heteroatoms. The molecular weight excluding hydrogens is 348 g/mol. The van der Waals surface area contributed by atoms with Crippen molar-refractivity contribution in [2.24, 2.45) is 5.92 Å². The lowest BCUT2D eigenvalue weighted by Crippen LogP contribution is -2.45. The Morgan fingerprint density at radius 2 is 2.07 bits per heavy atom. The Morgan fingerprint density at radius 1 is 1.30 bits per heavy atom. The SMILES string of the molecule is COc1cc([C@@H]2NC(=O)NC(C)=C2C(=O)O[C@@H]2CCC[C@@H](C)C2)ccc1O. The molecule has 2 aliphatic rings. The lowest BCUT2D eigenvalue weighted by molar-refractivity contribution is -0.146. The van der Waals surface area contributed by atoms with Gasteiger partial charge in [-0.05, 0) is 49.8 Å².